The third-order valence-electron chi connectivity index (χ3n) is 3.61. The van der Waals surface area contributed by atoms with Crippen LogP contribution in [0.25, 0.3) is 0 Å². The molecule has 20 heavy (non-hydrogen) atoms. The summed E-state index contributed by atoms with van der Waals surface area (Å²) < 4.78 is 32.1. The number of nitrogens with zero attached hydrogens (tertiary/aromatic N) is 1. The molecular formula is C14H22N2O3S. The van der Waals surface area contributed by atoms with Gasteiger partial charge in [-0.25, -0.2) is 8.42 Å². The number of hydrogen-bond acceptors (Lipinski definition) is 4. The molecule has 1 atom stereocenters. The molecule has 1 unspecified atom stereocenters. The highest BCUT2D eigenvalue weighted by Crippen LogP contribution is 2.30. The molecule has 1 saturated heterocycles. The Bertz CT molecular complexity index is 572. The van der Waals surface area contributed by atoms with Crippen LogP contribution >= 0.6 is 0 Å². The molecule has 0 aromatic heterocycles. The number of ether oxygens (including phenoxy) is 1. The van der Waals surface area contributed by atoms with E-state index in [1.54, 1.807) is 16.4 Å². The van der Waals surface area contributed by atoms with Crippen molar-refractivity contribution in [2.24, 2.45) is 5.92 Å². The number of benzene rings is 1. The van der Waals surface area contributed by atoms with Crippen LogP contribution in [0, 0.1) is 5.92 Å². The lowest BCUT2D eigenvalue weighted by molar-refractivity contribution is 0.397. The first-order valence-electron chi connectivity index (χ1n) is 6.80. The fourth-order valence-corrected chi connectivity index (χ4v) is 4.20. The molecule has 1 aliphatic heterocycles. The van der Waals surface area contributed by atoms with E-state index < -0.39 is 10.0 Å². The maximum atomic E-state index is 12.7. The van der Waals surface area contributed by atoms with E-state index in [4.69, 9.17) is 4.74 Å². The molecule has 112 valence electrons. The molecule has 1 aromatic rings. The summed E-state index contributed by atoms with van der Waals surface area (Å²) in [5.74, 6) is 0.830. The maximum absolute atomic E-state index is 12.7. The summed E-state index contributed by atoms with van der Waals surface area (Å²) in [5.41, 5.74) is 0.998. The Labute approximate surface area is 121 Å². The van der Waals surface area contributed by atoms with Gasteiger partial charge in [0.25, 0.3) is 0 Å². The van der Waals surface area contributed by atoms with Crippen LogP contribution in [-0.2, 0) is 16.6 Å². The van der Waals surface area contributed by atoms with E-state index in [-0.39, 0.29) is 4.90 Å². The van der Waals surface area contributed by atoms with Gasteiger partial charge in [-0.05, 0) is 37.1 Å². The Hall–Kier alpha value is -1.11. The molecule has 0 spiro atoms. The van der Waals surface area contributed by atoms with Crippen LogP contribution in [0.15, 0.2) is 23.1 Å². The van der Waals surface area contributed by atoms with Crippen LogP contribution < -0.4 is 10.1 Å². The Morgan fingerprint density at radius 2 is 2.20 bits per heavy atom. The second-order valence-electron chi connectivity index (χ2n) is 5.27. The first-order chi connectivity index (χ1) is 9.48. The predicted octanol–water partition coefficient (Wildman–Crippen LogP) is 1.45. The van der Waals surface area contributed by atoms with Crippen molar-refractivity contribution in [3.63, 3.8) is 0 Å². The fraction of sp³-hybridized carbons (Fsp3) is 0.571. The van der Waals surface area contributed by atoms with E-state index in [0.29, 0.717) is 31.3 Å². The standard InChI is InChI=1S/C14H22N2O3S/c1-11-6-7-16(10-11)20(17,18)14-5-4-12(9-15-2)8-13(14)19-3/h4-5,8,11,15H,6-7,9-10H2,1-3H3. The average molecular weight is 298 g/mol. The lowest BCUT2D eigenvalue weighted by Crippen LogP contribution is -2.29. The Balaban J connectivity index is 2.36. The zero-order valence-corrected chi connectivity index (χ0v) is 13.0. The molecule has 0 bridgehead atoms. The molecule has 6 heteroatoms. The van der Waals surface area contributed by atoms with Gasteiger partial charge in [0.1, 0.15) is 10.6 Å². The zero-order chi connectivity index (χ0) is 14.8. The van der Waals surface area contributed by atoms with Crippen molar-refractivity contribution in [3.8, 4) is 5.75 Å². The fourth-order valence-electron chi connectivity index (χ4n) is 2.49. The summed E-state index contributed by atoms with van der Waals surface area (Å²) in [4.78, 5) is 0.258. The molecule has 5 nitrogen and oxygen atoms in total. The van der Waals surface area contributed by atoms with Crippen molar-refractivity contribution in [1.82, 2.24) is 9.62 Å². The maximum Gasteiger partial charge on any atom is 0.246 e. The molecule has 1 aliphatic rings. The largest absolute Gasteiger partial charge is 0.495 e. The average Bonchev–Trinajstić information content (AvgIpc) is 2.86. The molecule has 1 N–H and O–H groups in total. The number of rotatable bonds is 5. The van der Waals surface area contributed by atoms with Gasteiger partial charge in [0.2, 0.25) is 10.0 Å². The van der Waals surface area contributed by atoms with Crippen molar-refractivity contribution in [2.75, 3.05) is 27.2 Å². The van der Waals surface area contributed by atoms with Crippen molar-refractivity contribution in [2.45, 2.75) is 24.8 Å². The van der Waals surface area contributed by atoms with Gasteiger partial charge >= 0.3 is 0 Å². The quantitative estimate of drug-likeness (QED) is 0.894. The first-order valence-corrected chi connectivity index (χ1v) is 8.24. The van der Waals surface area contributed by atoms with Crippen molar-refractivity contribution in [3.05, 3.63) is 23.8 Å². The Kier molecular flexibility index (Phi) is 4.67. The number of hydrogen-bond donors (Lipinski definition) is 1. The van der Waals surface area contributed by atoms with Crippen molar-refractivity contribution < 1.29 is 13.2 Å². The second-order valence-corrected chi connectivity index (χ2v) is 7.18. The third kappa shape index (κ3) is 2.97. The van der Waals surface area contributed by atoms with Gasteiger partial charge < -0.3 is 10.1 Å². The summed E-state index contributed by atoms with van der Waals surface area (Å²) in [6, 6.07) is 5.25. The summed E-state index contributed by atoms with van der Waals surface area (Å²) in [6.45, 7) is 3.93. The minimum atomic E-state index is -3.46. The van der Waals surface area contributed by atoms with Gasteiger partial charge in [-0.2, -0.15) is 4.31 Å². The summed E-state index contributed by atoms with van der Waals surface area (Å²) in [5, 5.41) is 3.04. The highest BCUT2D eigenvalue weighted by Gasteiger charge is 2.32. The van der Waals surface area contributed by atoms with Crippen molar-refractivity contribution >= 4 is 10.0 Å². The van der Waals surface area contributed by atoms with Crippen LogP contribution in [0.1, 0.15) is 18.9 Å². The first kappa shape index (κ1) is 15.3. The molecule has 0 amide bonds. The zero-order valence-electron chi connectivity index (χ0n) is 12.2. The minimum absolute atomic E-state index is 0.258. The minimum Gasteiger partial charge on any atom is -0.495 e. The molecule has 2 rings (SSSR count). The molecular weight excluding hydrogens is 276 g/mol. The molecule has 1 heterocycles. The molecule has 1 aromatic carbocycles. The van der Waals surface area contributed by atoms with Gasteiger partial charge in [-0.1, -0.05) is 13.0 Å². The summed E-state index contributed by atoms with van der Waals surface area (Å²) >= 11 is 0. The summed E-state index contributed by atoms with van der Waals surface area (Å²) in [6.07, 6.45) is 0.916. The molecule has 1 fully saturated rings. The monoisotopic (exact) mass is 298 g/mol. The van der Waals surface area contributed by atoms with Crippen molar-refractivity contribution in [1.29, 1.82) is 0 Å². The van der Waals surface area contributed by atoms with E-state index >= 15 is 0 Å². The van der Waals surface area contributed by atoms with Gasteiger partial charge in [0, 0.05) is 19.6 Å². The lowest BCUT2D eigenvalue weighted by atomic mass is 10.2. The highest BCUT2D eigenvalue weighted by atomic mass is 32.2. The van der Waals surface area contributed by atoms with Gasteiger partial charge in [-0.15, -0.1) is 0 Å². The number of methoxy groups -OCH3 is 1. The number of sulfonamides is 1. The van der Waals surface area contributed by atoms with E-state index in [0.717, 1.165) is 12.0 Å². The van der Waals surface area contributed by atoms with E-state index in [1.165, 1.54) is 7.11 Å². The van der Waals surface area contributed by atoms with Crippen LogP contribution in [0.2, 0.25) is 0 Å². The highest BCUT2D eigenvalue weighted by molar-refractivity contribution is 7.89. The Morgan fingerprint density at radius 3 is 2.75 bits per heavy atom. The van der Waals surface area contributed by atoms with Crippen LogP contribution in [0.4, 0.5) is 0 Å². The van der Waals surface area contributed by atoms with Crippen LogP contribution in [-0.4, -0.2) is 40.0 Å². The molecule has 0 aliphatic carbocycles. The third-order valence-corrected chi connectivity index (χ3v) is 5.52. The van der Waals surface area contributed by atoms with Gasteiger partial charge in [-0.3, -0.25) is 0 Å². The van der Waals surface area contributed by atoms with Crippen LogP contribution in [0.5, 0.6) is 5.75 Å². The SMILES string of the molecule is CNCc1ccc(S(=O)(=O)N2CCC(C)C2)c(OC)c1. The molecule has 0 radical (unpaired) electrons. The normalized spacial score (nSPS) is 20.2. The van der Waals surface area contributed by atoms with Gasteiger partial charge in [0.15, 0.2) is 0 Å². The number of nitrogens with one attached hydrogen (secondary N) is 1. The summed E-state index contributed by atoms with van der Waals surface area (Å²) in [7, 11) is -0.104. The smallest absolute Gasteiger partial charge is 0.246 e. The molecule has 0 saturated carbocycles. The van der Waals surface area contributed by atoms with Crippen LogP contribution in [0.3, 0.4) is 0 Å². The Morgan fingerprint density at radius 1 is 1.45 bits per heavy atom. The van der Waals surface area contributed by atoms with E-state index in [2.05, 4.69) is 12.2 Å². The lowest BCUT2D eigenvalue weighted by Gasteiger charge is -2.18. The van der Waals surface area contributed by atoms with E-state index in [9.17, 15) is 8.42 Å². The van der Waals surface area contributed by atoms with E-state index in [1.807, 2.05) is 13.1 Å². The second kappa shape index (κ2) is 6.11. The topological polar surface area (TPSA) is 58.6 Å². The van der Waals surface area contributed by atoms with Gasteiger partial charge in [0.05, 0.1) is 7.11 Å². The predicted molar refractivity (Wildman–Crippen MR) is 78.3 cm³/mol.